The van der Waals surface area contributed by atoms with Gasteiger partial charge in [0.2, 0.25) is 3.79 Å². The Hall–Kier alpha value is -0.780. The molecule has 3 nitrogen and oxygen atoms in total. The van der Waals surface area contributed by atoms with Crippen LogP contribution in [0.1, 0.15) is 15.9 Å². The third-order valence-electron chi connectivity index (χ3n) is 3.40. The molecule has 24 heavy (non-hydrogen) atoms. The number of amides is 1. The van der Waals surface area contributed by atoms with Gasteiger partial charge in [0.05, 0.1) is 0 Å². The van der Waals surface area contributed by atoms with Gasteiger partial charge in [-0.05, 0) is 36.9 Å². The maximum atomic E-state index is 12.4. The van der Waals surface area contributed by atoms with E-state index < -0.39 is 9.96 Å². The lowest BCUT2D eigenvalue weighted by atomic mass is 10.2. The largest absolute Gasteiger partial charge is 0.332 e. The number of benzene rings is 2. The van der Waals surface area contributed by atoms with Gasteiger partial charge in [-0.15, -0.1) is 0 Å². The van der Waals surface area contributed by atoms with Crippen molar-refractivity contribution in [3.05, 3.63) is 70.2 Å². The average Bonchev–Trinajstić information content (AvgIpc) is 2.52. The summed E-state index contributed by atoms with van der Waals surface area (Å²) in [6, 6.07) is 16.7. The van der Waals surface area contributed by atoms with Gasteiger partial charge in [-0.25, -0.2) is 0 Å². The number of carbonyl (C=O) groups excluding carboxylic acids is 1. The molecule has 0 heterocycles. The minimum Gasteiger partial charge on any atom is -0.332 e. The van der Waals surface area contributed by atoms with Crippen molar-refractivity contribution in [2.45, 2.75) is 16.5 Å². The van der Waals surface area contributed by atoms with Crippen molar-refractivity contribution in [2.24, 2.45) is 0 Å². The fourth-order valence-electron chi connectivity index (χ4n) is 2.21. The predicted octanol–water partition coefficient (Wildman–Crippen LogP) is 5.01. The van der Waals surface area contributed by atoms with E-state index in [1.54, 1.807) is 36.2 Å². The van der Waals surface area contributed by atoms with E-state index in [-0.39, 0.29) is 5.91 Å². The highest BCUT2D eigenvalue weighted by Gasteiger charge is 2.37. The first-order valence-corrected chi connectivity index (χ1v) is 9.07. The summed E-state index contributed by atoms with van der Waals surface area (Å²) in [5.74, 6) is -0.307. The zero-order valence-corrected chi connectivity index (χ0v) is 16.7. The van der Waals surface area contributed by atoms with Crippen LogP contribution in [-0.4, -0.2) is 27.8 Å². The van der Waals surface area contributed by atoms with Crippen LogP contribution in [0.5, 0.6) is 0 Å². The van der Waals surface area contributed by atoms with Crippen LogP contribution in [0.3, 0.4) is 0 Å². The summed E-state index contributed by atoms with van der Waals surface area (Å²) in [5.41, 5.74) is 1.54. The monoisotopic (exact) mass is 448 g/mol. The molecule has 0 aliphatic rings. The first kappa shape index (κ1) is 19.5. The van der Waals surface area contributed by atoms with Crippen LogP contribution in [0.4, 0.5) is 0 Å². The molecule has 0 aliphatic heterocycles. The highest BCUT2D eigenvalue weighted by molar-refractivity contribution is 9.10. The van der Waals surface area contributed by atoms with E-state index in [0.717, 1.165) is 10.0 Å². The molecular weight excluding hydrogens is 434 g/mol. The first-order valence-electron chi connectivity index (χ1n) is 7.14. The molecule has 128 valence electrons. The Morgan fingerprint density at radius 3 is 2.25 bits per heavy atom. The number of hydrogen-bond donors (Lipinski definition) is 1. The van der Waals surface area contributed by atoms with E-state index in [1.807, 2.05) is 30.3 Å². The number of halogens is 4. The van der Waals surface area contributed by atoms with Crippen molar-refractivity contribution in [2.75, 3.05) is 7.05 Å². The second-order valence-corrected chi connectivity index (χ2v) is 8.61. The van der Waals surface area contributed by atoms with E-state index in [4.69, 9.17) is 34.8 Å². The van der Waals surface area contributed by atoms with Crippen molar-refractivity contribution >= 4 is 56.6 Å². The summed E-state index contributed by atoms with van der Waals surface area (Å²) in [7, 11) is 1.79. The Morgan fingerprint density at radius 2 is 1.71 bits per heavy atom. The SMILES string of the molecule is CN(Cc1ccccc1)C(NC(=O)c1ccc(Br)cc1)C(Cl)(Cl)Cl. The number of alkyl halides is 3. The Balaban J connectivity index is 2.13. The fourth-order valence-corrected chi connectivity index (χ4v) is 3.14. The quantitative estimate of drug-likeness (QED) is 0.513. The minimum atomic E-state index is -1.67. The number of nitrogens with zero attached hydrogens (tertiary/aromatic N) is 1. The Bertz CT molecular complexity index is 674. The summed E-state index contributed by atoms with van der Waals surface area (Å²) >= 11 is 21.6. The van der Waals surface area contributed by atoms with Gasteiger partial charge in [0, 0.05) is 16.6 Å². The van der Waals surface area contributed by atoms with Crippen LogP contribution in [-0.2, 0) is 6.54 Å². The molecule has 2 aromatic rings. The molecule has 0 spiro atoms. The summed E-state index contributed by atoms with van der Waals surface area (Å²) in [4.78, 5) is 14.2. The van der Waals surface area contributed by atoms with Crippen LogP contribution >= 0.6 is 50.7 Å². The Labute approximate surface area is 165 Å². The molecule has 2 aromatic carbocycles. The predicted molar refractivity (Wildman–Crippen MR) is 104 cm³/mol. The van der Waals surface area contributed by atoms with E-state index in [1.165, 1.54) is 0 Å². The maximum absolute atomic E-state index is 12.4. The van der Waals surface area contributed by atoms with E-state index in [0.29, 0.717) is 12.1 Å². The zero-order chi connectivity index (χ0) is 17.7. The van der Waals surface area contributed by atoms with Crippen LogP contribution in [0.2, 0.25) is 0 Å². The van der Waals surface area contributed by atoms with Crippen molar-refractivity contribution < 1.29 is 4.79 Å². The van der Waals surface area contributed by atoms with Gasteiger partial charge in [0.25, 0.3) is 5.91 Å². The van der Waals surface area contributed by atoms with Crippen molar-refractivity contribution in [1.82, 2.24) is 10.2 Å². The lowest BCUT2D eigenvalue weighted by Crippen LogP contribution is -2.53. The van der Waals surface area contributed by atoms with Crippen LogP contribution < -0.4 is 5.32 Å². The maximum Gasteiger partial charge on any atom is 0.252 e. The molecule has 1 N–H and O–H groups in total. The van der Waals surface area contributed by atoms with Gasteiger partial charge < -0.3 is 5.32 Å². The lowest BCUT2D eigenvalue weighted by molar-refractivity contribution is 0.0869. The Morgan fingerprint density at radius 1 is 1.12 bits per heavy atom. The van der Waals surface area contributed by atoms with Gasteiger partial charge in [0.1, 0.15) is 6.17 Å². The number of rotatable bonds is 5. The molecular formula is C17H16BrCl3N2O. The molecule has 1 atom stereocenters. The van der Waals surface area contributed by atoms with Crippen LogP contribution in [0, 0.1) is 0 Å². The van der Waals surface area contributed by atoms with Gasteiger partial charge in [-0.2, -0.15) is 0 Å². The normalized spacial score (nSPS) is 12.9. The molecule has 1 unspecified atom stereocenters. The number of hydrogen-bond acceptors (Lipinski definition) is 2. The molecule has 0 aliphatic carbocycles. The molecule has 0 radical (unpaired) electrons. The minimum absolute atomic E-state index is 0.307. The molecule has 0 fully saturated rings. The number of nitrogens with one attached hydrogen (secondary N) is 1. The van der Waals surface area contributed by atoms with Gasteiger partial charge >= 0.3 is 0 Å². The highest BCUT2D eigenvalue weighted by Crippen LogP contribution is 2.32. The molecule has 0 saturated heterocycles. The summed E-state index contributed by atoms with van der Waals surface area (Å²) in [6.45, 7) is 0.528. The van der Waals surface area contributed by atoms with E-state index in [2.05, 4.69) is 21.2 Å². The summed E-state index contributed by atoms with van der Waals surface area (Å²) in [5, 5.41) is 2.79. The fraction of sp³-hybridized carbons (Fsp3) is 0.235. The molecule has 7 heteroatoms. The second kappa shape index (κ2) is 8.54. The summed E-state index contributed by atoms with van der Waals surface area (Å²) < 4.78 is -0.785. The van der Waals surface area contributed by atoms with Gasteiger partial charge in [-0.3, -0.25) is 9.69 Å². The molecule has 0 bridgehead atoms. The smallest absolute Gasteiger partial charge is 0.252 e. The molecule has 0 aromatic heterocycles. The zero-order valence-electron chi connectivity index (χ0n) is 12.8. The van der Waals surface area contributed by atoms with E-state index >= 15 is 0 Å². The standard InChI is InChI=1S/C17H16BrCl3N2O/c1-23(11-12-5-3-2-4-6-12)16(17(19,20)21)22-15(24)13-7-9-14(18)10-8-13/h2-10,16H,11H2,1H3,(H,22,24). The van der Waals surface area contributed by atoms with E-state index in [9.17, 15) is 4.79 Å². The third-order valence-corrected chi connectivity index (χ3v) is 4.55. The summed E-state index contributed by atoms with van der Waals surface area (Å²) in [6.07, 6.45) is -0.779. The highest BCUT2D eigenvalue weighted by atomic mass is 79.9. The van der Waals surface area contributed by atoms with Crippen molar-refractivity contribution in [3.63, 3.8) is 0 Å². The molecule has 1 amide bonds. The average molecular weight is 451 g/mol. The molecule has 0 saturated carbocycles. The van der Waals surface area contributed by atoms with Crippen molar-refractivity contribution in [3.8, 4) is 0 Å². The van der Waals surface area contributed by atoms with Crippen LogP contribution in [0.15, 0.2) is 59.1 Å². The van der Waals surface area contributed by atoms with Gasteiger partial charge in [-0.1, -0.05) is 81.1 Å². The van der Waals surface area contributed by atoms with Crippen LogP contribution in [0.25, 0.3) is 0 Å². The first-order chi connectivity index (χ1) is 11.3. The van der Waals surface area contributed by atoms with Gasteiger partial charge in [0.15, 0.2) is 0 Å². The lowest BCUT2D eigenvalue weighted by Gasteiger charge is -2.33. The second-order valence-electron chi connectivity index (χ2n) is 5.33. The topological polar surface area (TPSA) is 32.3 Å². The van der Waals surface area contributed by atoms with Crippen molar-refractivity contribution in [1.29, 1.82) is 0 Å². The Kier molecular flexibility index (Phi) is 6.96. The number of carbonyl (C=O) groups is 1. The third kappa shape index (κ3) is 5.64. The molecule has 2 rings (SSSR count).